The molecule has 1 heterocycles. The van der Waals surface area contributed by atoms with E-state index >= 15 is 0 Å². The van der Waals surface area contributed by atoms with Crippen LogP contribution in [0.2, 0.25) is 0 Å². The number of carboxylic acids is 1. The summed E-state index contributed by atoms with van der Waals surface area (Å²) in [6.07, 6.45) is -1.04. The third kappa shape index (κ3) is 6.82. The maximum Gasteiger partial charge on any atom is 0.490 e. The number of likely N-dealkylation sites (tertiary alicyclic amines) is 1. The van der Waals surface area contributed by atoms with E-state index in [0.29, 0.717) is 6.04 Å². The smallest absolute Gasteiger partial charge is 0.490 e. The van der Waals surface area contributed by atoms with E-state index < -0.39 is 12.1 Å². The number of benzene rings is 2. The molecule has 2 aliphatic rings. The number of hydrogen-bond donors (Lipinski definition) is 3. The molecule has 0 aromatic heterocycles. The molecule has 12 heteroatoms. The van der Waals surface area contributed by atoms with E-state index in [9.17, 15) is 18.0 Å². The molecule has 2 aromatic rings. The molecule has 3 N–H and O–H groups in total. The van der Waals surface area contributed by atoms with Crippen LogP contribution in [0.1, 0.15) is 31.2 Å². The highest BCUT2D eigenvalue weighted by atomic mass is 127. The lowest BCUT2D eigenvalue weighted by Crippen LogP contribution is -2.52. The Labute approximate surface area is 233 Å². The van der Waals surface area contributed by atoms with Crippen LogP contribution < -0.4 is 20.1 Å². The van der Waals surface area contributed by atoms with E-state index in [1.54, 1.807) is 14.2 Å². The predicted octanol–water partition coefficient (Wildman–Crippen LogP) is 5.26. The Hall–Kier alpha value is -2.74. The fourth-order valence-electron chi connectivity index (χ4n) is 5.30. The van der Waals surface area contributed by atoms with Crippen LogP contribution in [0.3, 0.4) is 0 Å². The summed E-state index contributed by atoms with van der Waals surface area (Å²) < 4.78 is 43.8. The Bertz CT molecular complexity index is 1150. The lowest BCUT2D eigenvalue weighted by molar-refractivity contribution is -0.192. The van der Waals surface area contributed by atoms with Gasteiger partial charge in [-0.15, -0.1) is 0 Å². The van der Waals surface area contributed by atoms with Crippen molar-refractivity contribution in [3.63, 3.8) is 0 Å². The number of alkyl halides is 3. The van der Waals surface area contributed by atoms with E-state index in [2.05, 4.69) is 57.3 Å². The van der Waals surface area contributed by atoms with E-state index in [1.807, 2.05) is 30.3 Å². The molecule has 4 rings (SSSR count). The normalized spacial score (nSPS) is 22.9. The summed E-state index contributed by atoms with van der Waals surface area (Å²) in [5.41, 5.74) is 2.23. The standard InChI is InChI=1S/C24H30IN3O3.C2HF3O2/c1-28-13-12-24(16-8-9-20(30-2)21(14-16)31-3)11-10-17(15-22(24)28)26-23(29)27-19-7-5-4-6-18(19)25;3-2(4,5)1(6)7/h4-9,14,17,22H,10-13,15H2,1-3H3,(H2,26,27,29);(H,6,7). The molecular formula is C26H31F3IN3O5. The molecule has 0 spiro atoms. The highest BCUT2D eigenvalue weighted by molar-refractivity contribution is 14.1. The van der Waals surface area contributed by atoms with Gasteiger partial charge in [-0.3, -0.25) is 0 Å². The van der Waals surface area contributed by atoms with Crippen LogP contribution in [-0.4, -0.2) is 68.1 Å². The summed E-state index contributed by atoms with van der Waals surface area (Å²) in [7, 11) is 5.55. The lowest BCUT2D eigenvalue weighted by atomic mass is 9.65. The minimum absolute atomic E-state index is 0.0811. The number of para-hydroxylation sites is 1. The van der Waals surface area contributed by atoms with Gasteiger partial charge >= 0.3 is 18.2 Å². The van der Waals surface area contributed by atoms with Crippen LogP contribution in [0.15, 0.2) is 42.5 Å². The Morgan fingerprint density at radius 1 is 1.11 bits per heavy atom. The molecule has 38 heavy (non-hydrogen) atoms. The number of amides is 2. The maximum atomic E-state index is 12.6. The first-order valence-electron chi connectivity index (χ1n) is 12.0. The number of halogens is 4. The number of urea groups is 1. The highest BCUT2D eigenvalue weighted by Crippen LogP contribution is 2.49. The molecule has 2 fully saturated rings. The number of nitrogens with one attached hydrogen (secondary N) is 2. The molecule has 1 aliphatic heterocycles. The number of aliphatic carboxylic acids is 1. The maximum absolute atomic E-state index is 12.6. The first kappa shape index (κ1) is 29.8. The quantitative estimate of drug-likeness (QED) is 0.383. The van der Waals surface area contributed by atoms with Crippen molar-refractivity contribution < 1.29 is 37.3 Å². The molecule has 2 amide bonds. The second-order valence-corrected chi connectivity index (χ2v) is 10.5. The number of carbonyl (C=O) groups excluding carboxylic acids is 1. The van der Waals surface area contributed by atoms with Crippen molar-refractivity contribution in [3.05, 3.63) is 51.6 Å². The van der Waals surface area contributed by atoms with Gasteiger partial charge in [0.1, 0.15) is 0 Å². The van der Waals surface area contributed by atoms with Gasteiger partial charge in [-0.2, -0.15) is 13.2 Å². The third-order valence-corrected chi connectivity index (χ3v) is 8.13. The molecule has 208 valence electrons. The Morgan fingerprint density at radius 3 is 2.37 bits per heavy atom. The van der Waals surface area contributed by atoms with Crippen LogP contribution >= 0.6 is 22.6 Å². The molecule has 3 atom stereocenters. The van der Waals surface area contributed by atoms with Gasteiger partial charge in [-0.05, 0) is 91.7 Å². The van der Waals surface area contributed by atoms with Gasteiger partial charge in [-0.1, -0.05) is 18.2 Å². The molecule has 0 bridgehead atoms. The van der Waals surface area contributed by atoms with Gasteiger partial charge in [0.25, 0.3) is 0 Å². The van der Waals surface area contributed by atoms with Crippen molar-refractivity contribution in [1.82, 2.24) is 10.2 Å². The average molecular weight is 649 g/mol. The van der Waals surface area contributed by atoms with Crippen LogP contribution in [0.4, 0.5) is 23.7 Å². The summed E-state index contributed by atoms with van der Waals surface area (Å²) in [6, 6.07) is 14.6. The monoisotopic (exact) mass is 649 g/mol. The van der Waals surface area contributed by atoms with E-state index in [0.717, 1.165) is 53.0 Å². The molecule has 8 nitrogen and oxygen atoms in total. The van der Waals surface area contributed by atoms with Crippen LogP contribution in [0.25, 0.3) is 0 Å². The average Bonchev–Trinajstić information content (AvgIpc) is 3.21. The molecule has 1 saturated carbocycles. The van der Waals surface area contributed by atoms with Gasteiger partial charge in [0.2, 0.25) is 0 Å². The minimum atomic E-state index is -5.08. The number of carboxylic acid groups (broad SMARTS) is 1. The first-order valence-corrected chi connectivity index (χ1v) is 13.0. The van der Waals surface area contributed by atoms with Crippen molar-refractivity contribution in [1.29, 1.82) is 0 Å². The van der Waals surface area contributed by atoms with Gasteiger partial charge in [0, 0.05) is 21.1 Å². The number of likely N-dealkylation sites (N-methyl/N-ethyl adjacent to an activating group) is 1. The van der Waals surface area contributed by atoms with Crippen LogP contribution in [-0.2, 0) is 10.2 Å². The molecular weight excluding hydrogens is 618 g/mol. The zero-order chi connectivity index (χ0) is 28.1. The number of ether oxygens (including phenoxy) is 2. The third-order valence-electron chi connectivity index (χ3n) is 7.19. The largest absolute Gasteiger partial charge is 0.493 e. The van der Waals surface area contributed by atoms with Gasteiger partial charge in [0.05, 0.1) is 19.9 Å². The summed E-state index contributed by atoms with van der Waals surface area (Å²) in [6.45, 7) is 1.06. The molecule has 2 aromatic carbocycles. The Morgan fingerprint density at radius 2 is 1.76 bits per heavy atom. The van der Waals surface area contributed by atoms with Crippen molar-refractivity contribution >= 4 is 40.3 Å². The number of nitrogens with zero attached hydrogens (tertiary/aromatic N) is 1. The van der Waals surface area contributed by atoms with Gasteiger partial charge < -0.3 is 30.1 Å². The van der Waals surface area contributed by atoms with E-state index in [4.69, 9.17) is 19.4 Å². The predicted molar refractivity (Wildman–Crippen MR) is 145 cm³/mol. The number of carbonyl (C=O) groups is 2. The van der Waals surface area contributed by atoms with Crippen molar-refractivity contribution in [2.75, 3.05) is 33.1 Å². The van der Waals surface area contributed by atoms with E-state index in [-0.39, 0.29) is 17.5 Å². The summed E-state index contributed by atoms with van der Waals surface area (Å²) in [5, 5.41) is 13.3. The molecule has 1 saturated heterocycles. The summed E-state index contributed by atoms with van der Waals surface area (Å²) in [5.74, 6) is -1.22. The van der Waals surface area contributed by atoms with Crippen molar-refractivity contribution in [3.8, 4) is 11.5 Å². The minimum Gasteiger partial charge on any atom is -0.493 e. The summed E-state index contributed by atoms with van der Waals surface area (Å²) in [4.78, 5) is 24.0. The molecule has 0 radical (unpaired) electrons. The molecule has 3 unspecified atom stereocenters. The fraction of sp³-hybridized carbons (Fsp3) is 0.462. The Kier molecular flexibility index (Phi) is 9.74. The van der Waals surface area contributed by atoms with Gasteiger partial charge in [0.15, 0.2) is 11.5 Å². The number of methoxy groups -OCH3 is 2. The number of fused-ring (bicyclic) bond motifs is 1. The van der Waals surface area contributed by atoms with E-state index in [1.165, 1.54) is 5.56 Å². The zero-order valence-electron chi connectivity index (χ0n) is 21.3. The zero-order valence-corrected chi connectivity index (χ0v) is 23.4. The van der Waals surface area contributed by atoms with Gasteiger partial charge in [-0.25, -0.2) is 9.59 Å². The van der Waals surface area contributed by atoms with Crippen LogP contribution in [0.5, 0.6) is 11.5 Å². The van der Waals surface area contributed by atoms with Crippen molar-refractivity contribution in [2.45, 2.75) is 49.4 Å². The topological polar surface area (TPSA) is 100 Å². The first-order chi connectivity index (χ1) is 17.9. The fourth-order valence-corrected chi connectivity index (χ4v) is 5.82. The Balaban J connectivity index is 0.000000505. The SMILES string of the molecule is COc1ccc(C23CCC(NC(=O)Nc4ccccc4I)CC2N(C)CC3)cc1OC.O=C(O)C(F)(F)F. The van der Waals surface area contributed by atoms with Crippen LogP contribution in [0, 0.1) is 3.57 Å². The highest BCUT2D eigenvalue weighted by Gasteiger charge is 2.50. The second-order valence-electron chi connectivity index (χ2n) is 9.32. The number of rotatable bonds is 5. The summed E-state index contributed by atoms with van der Waals surface area (Å²) >= 11 is 2.24. The van der Waals surface area contributed by atoms with Crippen molar-refractivity contribution in [2.24, 2.45) is 0 Å². The number of hydrogen-bond acceptors (Lipinski definition) is 5. The molecule has 1 aliphatic carbocycles. The number of anilines is 1. The lowest BCUT2D eigenvalue weighted by Gasteiger charge is -2.45. The second kappa shape index (κ2) is 12.4.